The molecule has 24 heavy (non-hydrogen) atoms. The predicted octanol–water partition coefficient (Wildman–Crippen LogP) is 3.61. The van der Waals surface area contributed by atoms with Crippen molar-refractivity contribution in [2.75, 3.05) is 11.1 Å². The number of aliphatic imine (C=N–C) groups is 1. The van der Waals surface area contributed by atoms with Gasteiger partial charge in [-0.2, -0.15) is 0 Å². The highest BCUT2D eigenvalue weighted by molar-refractivity contribution is 7.99. The van der Waals surface area contributed by atoms with Crippen LogP contribution in [0.5, 0.6) is 0 Å². The minimum Gasteiger partial charge on any atom is -0.413 e. The third-order valence-corrected chi connectivity index (χ3v) is 4.53. The van der Waals surface area contributed by atoms with Gasteiger partial charge in [-0.25, -0.2) is 4.39 Å². The van der Waals surface area contributed by atoms with Gasteiger partial charge in [-0.15, -0.1) is 16.6 Å². The molecule has 0 spiro atoms. The first-order valence-electron chi connectivity index (χ1n) is 6.94. The minimum atomic E-state index is -1.73. The lowest BCUT2D eigenvalue weighted by Crippen LogP contribution is -2.41. The number of nitrogens with zero attached hydrogens (tertiary/aromatic N) is 3. The van der Waals surface area contributed by atoms with Crippen LogP contribution in [-0.2, 0) is 4.87 Å². The van der Waals surface area contributed by atoms with Gasteiger partial charge in [0.15, 0.2) is 6.17 Å². The van der Waals surface area contributed by atoms with E-state index >= 15 is 0 Å². The molecule has 122 valence electrons. The molecule has 5 nitrogen and oxygen atoms in total. The van der Waals surface area contributed by atoms with Gasteiger partial charge in [-0.3, -0.25) is 4.99 Å². The lowest BCUT2D eigenvalue weighted by atomic mass is 10.0. The van der Waals surface area contributed by atoms with Crippen LogP contribution in [0, 0.1) is 12.3 Å². The number of hydrogen-bond acceptors (Lipinski definition) is 6. The van der Waals surface area contributed by atoms with Gasteiger partial charge in [0.25, 0.3) is 5.22 Å². The number of benzene rings is 1. The van der Waals surface area contributed by atoms with Crippen molar-refractivity contribution in [1.82, 2.24) is 10.2 Å². The summed E-state index contributed by atoms with van der Waals surface area (Å²) < 4.78 is 20.0. The van der Waals surface area contributed by atoms with E-state index < -0.39 is 16.9 Å². The van der Waals surface area contributed by atoms with Crippen LogP contribution in [0.25, 0.3) is 0 Å². The van der Waals surface area contributed by atoms with Crippen molar-refractivity contribution in [3.63, 3.8) is 0 Å². The molecule has 2 unspecified atom stereocenters. The summed E-state index contributed by atoms with van der Waals surface area (Å²) in [6, 6.07) is 9.21. The van der Waals surface area contributed by atoms with Gasteiger partial charge in [0.2, 0.25) is 10.8 Å². The number of allylic oxidation sites excluding steroid dienone is 1. The Hall–Kier alpha value is -2.30. The van der Waals surface area contributed by atoms with E-state index in [1.807, 2.05) is 30.3 Å². The van der Waals surface area contributed by atoms with Gasteiger partial charge in [0.05, 0.1) is 5.75 Å². The smallest absolute Gasteiger partial charge is 0.277 e. The van der Waals surface area contributed by atoms with Crippen LogP contribution in [0.3, 0.4) is 0 Å². The standard InChI is InChI=1S/C16H12ClFN4OS/c1-2-10-24-15-22-21-14(23-15)16(17)12(18)8-9-19-13(16)20-11-6-4-3-5-7-11/h1,3-9,13,20H,10H2. The van der Waals surface area contributed by atoms with Crippen LogP contribution in [0.2, 0.25) is 0 Å². The number of anilines is 1. The van der Waals surface area contributed by atoms with Gasteiger partial charge in [0, 0.05) is 11.9 Å². The van der Waals surface area contributed by atoms with Gasteiger partial charge in [0.1, 0.15) is 5.83 Å². The first kappa shape index (κ1) is 16.6. The van der Waals surface area contributed by atoms with Gasteiger partial charge in [-0.05, 0) is 18.2 Å². The second kappa shape index (κ2) is 7.07. The van der Waals surface area contributed by atoms with Crippen molar-refractivity contribution in [1.29, 1.82) is 0 Å². The van der Waals surface area contributed by atoms with Gasteiger partial charge in [-0.1, -0.05) is 47.5 Å². The molecule has 0 aliphatic carbocycles. The summed E-state index contributed by atoms with van der Waals surface area (Å²) in [5, 5.41) is 11.0. The number of dihydropyridines is 1. The largest absolute Gasteiger partial charge is 0.413 e. The summed E-state index contributed by atoms with van der Waals surface area (Å²) in [5.74, 6) is 2.09. The third kappa shape index (κ3) is 3.16. The number of nitrogens with one attached hydrogen (secondary N) is 1. The Morgan fingerprint density at radius 2 is 2.17 bits per heavy atom. The Morgan fingerprint density at radius 1 is 1.38 bits per heavy atom. The van der Waals surface area contributed by atoms with Crippen molar-refractivity contribution in [2.45, 2.75) is 16.3 Å². The summed E-state index contributed by atoms with van der Waals surface area (Å²) >= 11 is 7.72. The molecular weight excluding hydrogens is 351 g/mol. The highest BCUT2D eigenvalue weighted by atomic mass is 35.5. The normalized spacial score (nSPS) is 22.7. The number of halogens is 2. The molecule has 2 aromatic rings. The van der Waals surface area contributed by atoms with Crippen LogP contribution in [0.4, 0.5) is 10.1 Å². The molecule has 1 aromatic heterocycles. The van der Waals surface area contributed by atoms with E-state index in [9.17, 15) is 4.39 Å². The molecule has 0 saturated carbocycles. The fourth-order valence-electron chi connectivity index (χ4n) is 2.12. The zero-order valence-electron chi connectivity index (χ0n) is 12.3. The molecule has 1 N–H and O–H groups in total. The second-order valence-corrected chi connectivity index (χ2v) is 6.33. The number of rotatable bonds is 5. The van der Waals surface area contributed by atoms with E-state index in [1.165, 1.54) is 24.1 Å². The minimum absolute atomic E-state index is 0.0808. The van der Waals surface area contributed by atoms with Crippen molar-refractivity contribution < 1.29 is 8.81 Å². The summed E-state index contributed by atoms with van der Waals surface area (Å²) in [6.07, 6.45) is 6.87. The fourth-order valence-corrected chi connectivity index (χ4v) is 2.81. The Balaban J connectivity index is 1.91. The molecule has 1 aliphatic rings. The number of para-hydroxylation sites is 1. The molecule has 2 atom stereocenters. The first-order chi connectivity index (χ1) is 11.6. The van der Waals surface area contributed by atoms with Gasteiger partial charge >= 0.3 is 0 Å². The summed E-state index contributed by atoms with van der Waals surface area (Å²) in [6.45, 7) is 0. The lowest BCUT2D eigenvalue weighted by molar-refractivity contribution is 0.334. The zero-order chi connectivity index (χ0) is 17.0. The summed E-state index contributed by atoms with van der Waals surface area (Å²) in [7, 11) is 0. The monoisotopic (exact) mass is 362 g/mol. The van der Waals surface area contributed by atoms with E-state index in [1.54, 1.807) is 0 Å². The van der Waals surface area contributed by atoms with Crippen LogP contribution in [-0.4, -0.2) is 28.3 Å². The van der Waals surface area contributed by atoms with E-state index in [-0.39, 0.29) is 11.1 Å². The lowest BCUT2D eigenvalue weighted by Gasteiger charge is -2.31. The van der Waals surface area contributed by atoms with Crippen LogP contribution >= 0.6 is 23.4 Å². The maximum Gasteiger partial charge on any atom is 0.277 e. The molecule has 0 saturated heterocycles. The van der Waals surface area contributed by atoms with E-state index in [2.05, 4.69) is 26.4 Å². The quantitative estimate of drug-likeness (QED) is 0.500. The molecule has 1 aliphatic heterocycles. The van der Waals surface area contributed by atoms with Crippen molar-refractivity contribution in [3.8, 4) is 12.3 Å². The molecule has 2 heterocycles. The number of aromatic nitrogens is 2. The van der Waals surface area contributed by atoms with E-state index in [4.69, 9.17) is 22.4 Å². The molecule has 0 amide bonds. The summed E-state index contributed by atoms with van der Waals surface area (Å²) in [5.41, 5.74) is 0.737. The van der Waals surface area contributed by atoms with Gasteiger partial charge < -0.3 is 9.73 Å². The maximum absolute atomic E-state index is 14.6. The highest BCUT2D eigenvalue weighted by Crippen LogP contribution is 2.43. The zero-order valence-corrected chi connectivity index (χ0v) is 13.9. The SMILES string of the molecule is C#CCSc1nnc(C2(Cl)C(F)=CC=NC2Nc2ccccc2)o1. The number of alkyl halides is 1. The Bertz CT molecular complexity index is 817. The van der Waals surface area contributed by atoms with Crippen LogP contribution in [0.1, 0.15) is 5.89 Å². The van der Waals surface area contributed by atoms with Crippen LogP contribution in [0.15, 0.2) is 56.9 Å². The topological polar surface area (TPSA) is 63.3 Å². The molecule has 0 bridgehead atoms. The average molecular weight is 363 g/mol. The predicted molar refractivity (Wildman–Crippen MR) is 92.9 cm³/mol. The number of terminal acetylenes is 1. The maximum atomic E-state index is 14.6. The van der Waals surface area contributed by atoms with Crippen molar-refractivity contribution >= 4 is 35.3 Å². The van der Waals surface area contributed by atoms with E-state index in [0.717, 1.165) is 5.69 Å². The average Bonchev–Trinajstić information content (AvgIpc) is 3.07. The van der Waals surface area contributed by atoms with Crippen molar-refractivity contribution in [3.05, 3.63) is 48.1 Å². The molecular formula is C16H12ClFN4OS. The molecule has 8 heteroatoms. The third-order valence-electron chi connectivity index (χ3n) is 3.25. The first-order valence-corrected chi connectivity index (χ1v) is 8.31. The number of thioether (sulfide) groups is 1. The molecule has 3 rings (SSSR count). The Labute approximate surface area is 147 Å². The van der Waals surface area contributed by atoms with E-state index in [0.29, 0.717) is 5.75 Å². The number of hydrogen-bond donors (Lipinski definition) is 1. The molecule has 1 aromatic carbocycles. The molecule has 0 radical (unpaired) electrons. The molecule has 0 fully saturated rings. The van der Waals surface area contributed by atoms with Crippen LogP contribution < -0.4 is 5.32 Å². The Kier molecular flexibility index (Phi) is 4.88. The highest BCUT2D eigenvalue weighted by Gasteiger charge is 2.49. The second-order valence-electron chi connectivity index (χ2n) is 4.80. The Morgan fingerprint density at radius 3 is 2.92 bits per heavy atom. The summed E-state index contributed by atoms with van der Waals surface area (Å²) in [4.78, 5) is 2.50. The van der Waals surface area contributed by atoms with Crippen molar-refractivity contribution in [2.24, 2.45) is 4.99 Å². The fraction of sp³-hybridized carbons (Fsp3) is 0.188.